The largest absolute Gasteiger partial charge is 0.353 e. The van der Waals surface area contributed by atoms with E-state index in [2.05, 4.69) is 38.2 Å². The number of hydrogen-bond acceptors (Lipinski definition) is 7. The van der Waals surface area contributed by atoms with Crippen molar-refractivity contribution >= 4 is 0 Å². The fourth-order valence-electron chi connectivity index (χ4n) is 5.66. The highest BCUT2D eigenvalue weighted by atomic mass is 16.8. The molecule has 0 aromatic rings. The Morgan fingerprint density at radius 2 is 0.714 bits per heavy atom. The molecule has 0 aromatic heterocycles. The van der Waals surface area contributed by atoms with Crippen LogP contribution in [0.1, 0.15) is 183 Å². The van der Waals surface area contributed by atoms with E-state index in [9.17, 15) is 0 Å². The summed E-state index contributed by atoms with van der Waals surface area (Å²) in [5.74, 6) is 0. The second-order valence-electron chi connectivity index (χ2n) is 13.0. The quantitative estimate of drug-likeness (QED) is 0.0358. The minimum absolute atomic E-state index is 0.0998. The average molecular weight is 699 g/mol. The van der Waals surface area contributed by atoms with Crippen molar-refractivity contribution in [3.05, 3.63) is 24.3 Å². The maximum atomic E-state index is 6.49. The minimum atomic E-state index is -0.429. The van der Waals surface area contributed by atoms with Crippen molar-refractivity contribution in [2.75, 3.05) is 39.6 Å². The van der Waals surface area contributed by atoms with Gasteiger partial charge in [-0.15, -0.1) is 0 Å². The predicted molar refractivity (Wildman–Crippen MR) is 206 cm³/mol. The van der Waals surface area contributed by atoms with Crippen molar-refractivity contribution in [2.24, 2.45) is 0 Å². The molecule has 2 atom stereocenters. The second kappa shape index (κ2) is 40.0. The molecule has 0 N–H and O–H groups in total. The zero-order chi connectivity index (χ0) is 35.9. The van der Waals surface area contributed by atoms with Gasteiger partial charge in [0.1, 0.15) is 0 Å². The Bertz CT molecular complexity index is 618. The monoisotopic (exact) mass is 699 g/mol. The molecule has 0 rings (SSSR count). The number of ether oxygens (including phenoxy) is 7. The SMILES string of the molecule is CCCCCCCCCOC(C=CCCCCC(OCC)OCC)OC(C=CCCCCC(OCC)OCC)OCCCCCCCCC. The van der Waals surface area contributed by atoms with Gasteiger partial charge in [0.25, 0.3) is 0 Å². The van der Waals surface area contributed by atoms with Gasteiger partial charge in [-0.05, 0) is 104 Å². The van der Waals surface area contributed by atoms with Crippen molar-refractivity contribution in [2.45, 2.75) is 208 Å². The molecule has 0 bridgehead atoms. The number of allylic oxidation sites excluding steroid dienone is 2. The molecule has 0 amide bonds. The van der Waals surface area contributed by atoms with Gasteiger partial charge in [0.05, 0.1) is 13.2 Å². The highest BCUT2D eigenvalue weighted by Gasteiger charge is 2.14. The molecule has 0 aliphatic heterocycles. The van der Waals surface area contributed by atoms with Crippen molar-refractivity contribution in [3.8, 4) is 0 Å². The summed E-state index contributed by atoms with van der Waals surface area (Å²) in [6.45, 7) is 16.7. The molecule has 0 heterocycles. The number of rotatable bonds is 40. The van der Waals surface area contributed by atoms with Crippen molar-refractivity contribution in [3.63, 3.8) is 0 Å². The third-order valence-corrected chi connectivity index (χ3v) is 8.45. The average Bonchev–Trinajstić information content (AvgIpc) is 3.09. The summed E-state index contributed by atoms with van der Waals surface area (Å²) in [6.07, 6.45) is 33.2. The molecule has 0 radical (unpaired) electrons. The first kappa shape index (κ1) is 48.2. The van der Waals surface area contributed by atoms with Gasteiger partial charge in [-0.3, -0.25) is 0 Å². The molecular weight excluding hydrogens is 616 g/mol. The Hall–Kier alpha value is -0.800. The van der Waals surface area contributed by atoms with E-state index >= 15 is 0 Å². The van der Waals surface area contributed by atoms with Crippen molar-refractivity contribution in [1.82, 2.24) is 0 Å². The highest BCUT2D eigenvalue weighted by molar-refractivity contribution is 4.90. The van der Waals surface area contributed by atoms with Gasteiger partial charge in [0, 0.05) is 26.4 Å². The standard InChI is InChI=1S/C42H82O7/c1-7-13-15-17-19-25-31-37-47-41(35-29-23-21-27-33-39(43-9-3)44-10-4)49-42(48-38-32-26-20-18-16-14-8-2)36-30-24-22-28-34-40(45-11-5)46-12-6/h29-30,35-36,39-42H,7-28,31-34,37-38H2,1-6H3. The van der Waals surface area contributed by atoms with E-state index in [-0.39, 0.29) is 12.6 Å². The van der Waals surface area contributed by atoms with Crippen LogP contribution in [0.3, 0.4) is 0 Å². The van der Waals surface area contributed by atoms with Crippen LogP contribution < -0.4 is 0 Å². The molecule has 292 valence electrons. The topological polar surface area (TPSA) is 64.6 Å². The lowest BCUT2D eigenvalue weighted by atomic mass is 10.1. The summed E-state index contributed by atoms with van der Waals surface area (Å²) in [6, 6.07) is 0. The first-order chi connectivity index (χ1) is 24.1. The molecular formula is C42H82O7. The molecule has 0 aliphatic carbocycles. The van der Waals surface area contributed by atoms with E-state index in [4.69, 9.17) is 33.2 Å². The molecule has 2 unspecified atom stereocenters. The van der Waals surface area contributed by atoms with Gasteiger partial charge in [0.2, 0.25) is 0 Å². The van der Waals surface area contributed by atoms with Gasteiger partial charge in [-0.1, -0.05) is 103 Å². The van der Waals surface area contributed by atoms with Crippen molar-refractivity contribution in [1.29, 1.82) is 0 Å². The number of hydrogen-bond donors (Lipinski definition) is 0. The van der Waals surface area contributed by atoms with E-state index in [0.717, 1.165) is 64.2 Å². The zero-order valence-corrected chi connectivity index (χ0v) is 33.3. The Kier molecular flexibility index (Phi) is 39.3. The first-order valence-corrected chi connectivity index (χ1v) is 20.8. The highest BCUT2D eigenvalue weighted by Crippen LogP contribution is 2.15. The third kappa shape index (κ3) is 34.1. The van der Waals surface area contributed by atoms with Gasteiger partial charge in [-0.25, -0.2) is 0 Å². The smallest absolute Gasteiger partial charge is 0.180 e. The summed E-state index contributed by atoms with van der Waals surface area (Å²) in [5.41, 5.74) is 0. The van der Waals surface area contributed by atoms with E-state index in [1.165, 1.54) is 77.0 Å². The zero-order valence-electron chi connectivity index (χ0n) is 33.3. The summed E-state index contributed by atoms with van der Waals surface area (Å²) >= 11 is 0. The molecule has 0 saturated heterocycles. The van der Waals surface area contributed by atoms with Crippen LogP contribution in [-0.4, -0.2) is 64.8 Å². The maximum Gasteiger partial charge on any atom is 0.180 e. The summed E-state index contributed by atoms with van der Waals surface area (Å²) in [4.78, 5) is 0. The van der Waals surface area contributed by atoms with Crippen molar-refractivity contribution < 1.29 is 33.2 Å². The van der Waals surface area contributed by atoms with Crippen LogP contribution in [-0.2, 0) is 33.2 Å². The predicted octanol–water partition coefficient (Wildman–Crippen LogP) is 12.2. The molecule has 0 spiro atoms. The van der Waals surface area contributed by atoms with Crippen LogP contribution in [0.15, 0.2) is 24.3 Å². The normalized spacial score (nSPS) is 13.6. The van der Waals surface area contributed by atoms with Gasteiger partial charge >= 0.3 is 0 Å². The minimum Gasteiger partial charge on any atom is -0.353 e. The third-order valence-electron chi connectivity index (χ3n) is 8.45. The molecule has 49 heavy (non-hydrogen) atoms. The Morgan fingerprint density at radius 3 is 1.06 bits per heavy atom. The fraction of sp³-hybridized carbons (Fsp3) is 0.905. The number of unbranched alkanes of at least 4 members (excludes halogenated alkanes) is 16. The molecule has 0 aromatic carbocycles. The Labute approximate surface area is 304 Å². The fourth-order valence-corrected chi connectivity index (χ4v) is 5.66. The first-order valence-electron chi connectivity index (χ1n) is 20.8. The van der Waals surface area contributed by atoms with Crippen LogP contribution in [0.2, 0.25) is 0 Å². The summed E-state index contributed by atoms with van der Waals surface area (Å²) < 4.78 is 41.9. The van der Waals surface area contributed by atoms with E-state index in [0.29, 0.717) is 39.6 Å². The van der Waals surface area contributed by atoms with E-state index < -0.39 is 12.6 Å². The van der Waals surface area contributed by atoms with Gasteiger partial charge in [0.15, 0.2) is 25.2 Å². The van der Waals surface area contributed by atoms with Crippen LogP contribution in [0, 0.1) is 0 Å². The van der Waals surface area contributed by atoms with Crippen LogP contribution in [0.5, 0.6) is 0 Å². The lowest BCUT2D eigenvalue weighted by Gasteiger charge is -2.22. The lowest BCUT2D eigenvalue weighted by Crippen LogP contribution is -2.25. The van der Waals surface area contributed by atoms with Crippen LogP contribution >= 0.6 is 0 Å². The molecule has 7 heteroatoms. The molecule has 7 nitrogen and oxygen atoms in total. The van der Waals surface area contributed by atoms with Crippen LogP contribution in [0.4, 0.5) is 0 Å². The Balaban J connectivity index is 5.15. The maximum absolute atomic E-state index is 6.49. The van der Waals surface area contributed by atoms with E-state index in [1.807, 2.05) is 27.7 Å². The van der Waals surface area contributed by atoms with Crippen LogP contribution in [0.25, 0.3) is 0 Å². The lowest BCUT2D eigenvalue weighted by molar-refractivity contribution is -0.208. The van der Waals surface area contributed by atoms with Gasteiger partial charge < -0.3 is 33.2 Å². The van der Waals surface area contributed by atoms with E-state index in [1.54, 1.807) is 0 Å². The summed E-state index contributed by atoms with van der Waals surface area (Å²) in [7, 11) is 0. The molecule has 0 aliphatic rings. The molecule has 0 saturated carbocycles. The summed E-state index contributed by atoms with van der Waals surface area (Å²) in [5, 5.41) is 0. The molecule has 0 fully saturated rings. The Morgan fingerprint density at radius 1 is 0.367 bits per heavy atom. The second-order valence-corrected chi connectivity index (χ2v) is 13.0. The van der Waals surface area contributed by atoms with Gasteiger partial charge in [-0.2, -0.15) is 0 Å².